The van der Waals surface area contributed by atoms with Crippen LogP contribution in [-0.4, -0.2) is 11.0 Å². The summed E-state index contributed by atoms with van der Waals surface area (Å²) in [7, 11) is 0. The van der Waals surface area contributed by atoms with Gasteiger partial charge >= 0.3 is 0 Å². The van der Waals surface area contributed by atoms with E-state index in [1.165, 1.54) is 0 Å². The molecule has 1 aliphatic heterocycles. The van der Waals surface area contributed by atoms with Crippen molar-refractivity contribution < 1.29 is 0 Å². The Balaban J connectivity index is 2.44. The van der Waals surface area contributed by atoms with Gasteiger partial charge in [0.25, 0.3) is 0 Å². The summed E-state index contributed by atoms with van der Waals surface area (Å²) < 4.78 is 0. The summed E-state index contributed by atoms with van der Waals surface area (Å²) in [6.45, 7) is 0. The molecule has 1 rings (SSSR count). The Morgan fingerprint density at radius 2 is 2.50 bits per heavy atom. The standard InChI is InChI=1S/C5H9BrN2/c6-4-2-1-3-8-5(4)7/h1,3-5,8H,2,7H2. The van der Waals surface area contributed by atoms with Gasteiger partial charge in [0.1, 0.15) is 0 Å². The zero-order valence-corrected chi connectivity index (χ0v) is 6.06. The highest BCUT2D eigenvalue weighted by atomic mass is 79.9. The van der Waals surface area contributed by atoms with Crippen LogP contribution >= 0.6 is 15.9 Å². The van der Waals surface area contributed by atoms with Crippen LogP contribution in [0.25, 0.3) is 0 Å². The minimum atomic E-state index is 0.0833. The molecule has 0 spiro atoms. The Kier molecular flexibility index (Phi) is 1.91. The maximum atomic E-state index is 5.57. The first-order valence-electron chi connectivity index (χ1n) is 2.61. The number of nitrogens with one attached hydrogen (secondary N) is 1. The normalized spacial score (nSPS) is 36.8. The van der Waals surface area contributed by atoms with Crippen molar-refractivity contribution in [3.63, 3.8) is 0 Å². The molecule has 0 radical (unpaired) electrons. The van der Waals surface area contributed by atoms with E-state index < -0.39 is 0 Å². The molecule has 0 aromatic carbocycles. The molecule has 0 aliphatic carbocycles. The summed E-state index contributed by atoms with van der Waals surface area (Å²) in [4.78, 5) is 0.396. The lowest BCUT2D eigenvalue weighted by molar-refractivity contribution is 0.566. The second kappa shape index (κ2) is 2.51. The van der Waals surface area contributed by atoms with Gasteiger partial charge in [0, 0.05) is 0 Å². The third kappa shape index (κ3) is 1.23. The van der Waals surface area contributed by atoms with Gasteiger partial charge in [-0.15, -0.1) is 0 Å². The van der Waals surface area contributed by atoms with E-state index in [9.17, 15) is 0 Å². The first-order chi connectivity index (χ1) is 3.80. The fraction of sp³-hybridized carbons (Fsp3) is 0.600. The van der Waals surface area contributed by atoms with Gasteiger partial charge in [-0.25, -0.2) is 0 Å². The molecular formula is C5H9BrN2. The minimum absolute atomic E-state index is 0.0833. The van der Waals surface area contributed by atoms with E-state index in [4.69, 9.17) is 5.73 Å². The van der Waals surface area contributed by atoms with E-state index in [2.05, 4.69) is 27.3 Å². The minimum Gasteiger partial charge on any atom is -0.375 e. The molecule has 0 saturated heterocycles. The smallest absolute Gasteiger partial charge is 0.0869 e. The van der Waals surface area contributed by atoms with Crippen LogP contribution in [0.3, 0.4) is 0 Å². The van der Waals surface area contributed by atoms with Gasteiger partial charge in [-0.3, -0.25) is 0 Å². The third-order valence-corrected chi connectivity index (χ3v) is 2.10. The molecule has 0 fully saturated rings. The molecule has 0 amide bonds. The molecule has 3 heteroatoms. The molecule has 1 aliphatic rings. The third-order valence-electron chi connectivity index (χ3n) is 1.16. The number of alkyl halides is 1. The van der Waals surface area contributed by atoms with Crippen molar-refractivity contribution in [3.8, 4) is 0 Å². The van der Waals surface area contributed by atoms with E-state index in [0.717, 1.165) is 6.42 Å². The largest absolute Gasteiger partial charge is 0.375 e. The Bertz CT molecular complexity index is 90.6. The van der Waals surface area contributed by atoms with E-state index in [1.54, 1.807) is 0 Å². The molecule has 2 unspecified atom stereocenters. The molecule has 1 heterocycles. The van der Waals surface area contributed by atoms with Crippen molar-refractivity contribution in [3.05, 3.63) is 12.3 Å². The highest BCUT2D eigenvalue weighted by Crippen LogP contribution is 2.10. The van der Waals surface area contributed by atoms with Crippen molar-refractivity contribution in [2.24, 2.45) is 5.73 Å². The number of halogens is 1. The predicted octanol–water partition coefficient (Wildman–Crippen LogP) is 0.542. The van der Waals surface area contributed by atoms with Gasteiger partial charge in [0.15, 0.2) is 0 Å². The average Bonchev–Trinajstić information content (AvgIpc) is 1.77. The SMILES string of the molecule is NC1NC=CCC1Br. The lowest BCUT2D eigenvalue weighted by Crippen LogP contribution is -2.43. The average molecular weight is 177 g/mol. The molecule has 46 valence electrons. The van der Waals surface area contributed by atoms with Gasteiger partial charge in [-0.1, -0.05) is 22.0 Å². The molecular weight excluding hydrogens is 168 g/mol. The highest BCUT2D eigenvalue weighted by Gasteiger charge is 2.13. The first kappa shape index (κ1) is 6.11. The van der Waals surface area contributed by atoms with Crippen molar-refractivity contribution >= 4 is 15.9 Å². The van der Waals surface area contributed by atoms with Crippen LogP contribution in [0.15, 0.2) is 12.3 Å². The van der Waals surface area contributed by atoms with Crippen LogP contribution in [0.2, 0.25) is 0 Å². The van der Waals surface area contributed by atoms with Crippen molar-refractivity contribution in [2.45, 2.75) is 17.4 Å². The van der Waals surface area contributed by atoms with E-state index >= 15 is 0 Å². The van der Waals surface area contributed by atoms with Crippen LogP contribution in [0.5, 0.6) is 0 Å². The summed E-state index contributed by atoms with van der Waals surface area (Å²) in [5.41, 5.74) is 5.57. The number of rotatable bonds is 0. The number of hydrogen-bond acceptors (Lipinski definition) is 2. The quantitative estimate of drug-likeness (QED) is 0.530. The predicted molar refractivity (Wildman–Crippen MR) is 37.6 cm³/mol. The van der Waals surface area contributed by atoms with Gasteiger partial charge in [-0.2, -0.15) is 0 Å². The van der Waals surface area contributed by atoms with Crippen molar-refractivity contribution in [2.75, 3.05) is 0 Å². The molecule has 2 atom stereocenters. The number of hydrogen-bond donors (Lipinski definition) is 2. The maximum absolute atomic E-state index is 5.57. The Hall–Kier alpha value is -0.0200. The van der Waals surface area contributed by atoms with E-state index in [1.807, 2.05) is 6.20 Å². The molecule has 0 aromatic rings. The molecule has 0 saturated carbocycles. The summed E-state index contributed by atoms with van der Waals surface area (Å²) in [5.74, 6) is 0. The summed E-state index contributed by atoms with van der Waals surface area (Å²) in [6.07, 6.45) is 5.05. The fourth-order valence-electron chi connectivity index (χ4n) is 0.628. The second-order valence-corrected chi connectivity index (χ2v) is 3.02. The van der Waals surface area contributed by atoms with Gasteiger partial charge in [-0.05, 0) is 12.6 Å². The molecule has 0 bridgehead atoms. The lowest BCUT2D eigenvalue weighted by atomic mass is 10.2. The lowest BCUT2D eigenvalue weighted by Gasteiger charge is -2.20. The number of nitrogens with two attached hydrogens (primary N) is 1. The van der Waals surface area contributed by atoms with Gasteiger partial charge in [0.2, 0.25) is 0 Å². The van der Waals surface area contributed by atoms with Crippen LogP contribution in [0, 0.1) is 0 Å². The van der Waals surface area contributed by atoms with Crippen molar-refractivity contribution in [1.29, 1.82) is 0 Å². The number of allylic oxidation sites excluding steroid dienone is 1. The van der Waals surface area contributed by atoms with Crippen LogP contribution in [0.4, 0.5) is 0 Å². The van der Waals surface area contributed by atoms with Crippen LogP contribution in [-0.2, 0) is 0 Å². The van der Waals surface area contributed by atoms with Crippen LogP contribution < -0.4 is 11.1 Å². The second-order valence-electron chi connectivity index (χ2n) is 1.85. The van der Waals surface area contributed by atoms with E-state index in [-0.39, 0.29) is 6.17 Å². The zero-order valence-electron chi connectivity index (χ0n) is 4.47. The maximum Gasteiger partial charge on any atom is 0.0869 e. The van der Waals surface area contributed by atoms with Crippen LogP contribution in [0.1, 0.15) is 6.42 Å². The van der Waals surface area contributed by atoms with Crippen molar-refractivity contribution in [1.82, 2.24) is 5.32 Å². The summed E-state index contributed by atoms with van der Waals surface area (Å²) in [5, 5.41) is 2.98. The molecule has 0 aromatic heterocycles. The Labute approximate surface area is 57.3 Å². The summed E-state index contributed by atoms with van der Waals surface area (Å²) in [6, 6.07) is 0. The molecule has 3 N–H and O–H groups in total. The fourth-order valence-corrected chi connectivity index (χ4v) is 0.997. The molecule has 8 heavy (non-hydrogen) atoms. The topological polar surface area (TPSA) is 38.0 Å². The van der Waals surface area contributed by atoms with Gasteiger partial charge < -0.3 is 11.1 Å². The Morgan fingerprint density at radius 3 is 2.88 bits per heavy atom. The first-order valence-corrected chi connectivity index (χ1v) is 3.53. The Morgan fingerprint density at radius 1 is 1.75 bits per heavy atom. The van der Waals surface area contributed by atoms with Gasteiger partial charge in [0.05, 0.1) is 11.0 Å². The monoisotopic (exact) mass is 176 g/mol. The van der Waals surface area contributed by atoms with E-state index in [0.29, 0.717) is 4.83 Å². The highest BCUT2D eigenvalue weighted by molar-refractivity contribution is 9.09. The molecule has 2 nitrogen and oxygen atoms in total. The summed E-state index contributed by atoms with van der Waals surface area (Å²) >= 11 is 3.41. The zero-order chi connectivity index (χ0) is 5.98.